The molecule has 5 rings (SSSR count). The van der Waals surface area contributed by atoms with Crippen LogP contribution >= 0.6 is 11.8 Å². The van der Waals surface area contributed by atoms with Crippen LogP contribution < -0.4 is 20.5 Å². The summed E-state index contributed by atoms with van der Waals surface area (Å²) in [5.41, 5.74) is 2.57. The van der Waals surface area contributed by atoms with Crippen LogP contribution in [0, 0.1) is 0 Å². The van der Waals surface area contributed by atoms with E-state index in [0.717, 1.165) is 50.0 Å². The lowest BCUT2D eigenvalue weighted by atomic mass is 10.2. The number of anilines is 1. The first-order chi connectivity index (χ1) is 15.2. The highest BCUT2D eigenvalue weighted by molar-refractivity contribution is 8.00. The molecule has 1 atom stereocenters. The first-order valence-electron chi connectivity index (χ1n) is 10.7. The summed E-state index contributed by atoms with van der Waals surface area (Å²) in [6, 6.07) is 5.34. The molecule has 0 bridgehead atoms. The average Bonchev–Trinajstić information content (AvgIpc) is 3.46. The van der Waals surface area contributed by atoms with Gasteiger partial charge in [0.05, 0.1) is 18.4 Å². The molecule has 1 aromatic carbocycles. The van der Waals surface area contributed by atoms with E-state index in [1.165, 1.54) is 11.8 Å². The third-order valence-corrected chi connectivity index (χ3v) is 6.79. The van der Waals surface area contributed by atoms with E-state index in [-0.39, 0.29) is 23.5 Å². The van der Waals surface area contributed by atoms with Gasteiger partial charge in [-0.3, -0.25) is 9.36 Å². The largest absolute Gasteiger partial charge is 0.486 e. The van der Waals surface area contributed by atoms with Crippen molar-refractivity contribution in [1.29, 1.82) is 0 Å². The van der Waals surface area contributed by atoms with Crippen molar-refractivity contribution in [2.75, 3.05) is 30.9 Å². The SMILES string of the molecule is O=C(CSc1nc(=O)n(C[C@H]2CCCO2)c2c1CCC2)Nc1ccc2c(c1)OCCO2. The normalized spacial score (nSPS) is 19.3. The molecule has 0 radical (unpaired) electrons. The third kappa shape index (κ3) is 4.43. The Morgan fingerprint density at radius 2 is 2.03 bits per heavy atom. The third-order valence-electron chi connectivity index (χ3n) is 5.78. The first kappa shape index (κ1) is 20.4. The van der Waals surface area contributed by atoms with Gasteiger partial charge in [-0.1, -0.05) is 11.8 Å². The molecule has 2 aliphatic heterocycles. The van der Waals surface area contributed by atoms with Gasteiger partial charge in [0, 0.05) is 29.6 Å². The Labute approximate surface area is 184 Å². The quantitative estimate of drug-likeness (QED) is 0.541. The lowest BCUT2D eigenvalue weighted by Gasteiger charge is -2.19. The lowest BCUT2D eigenvalue weighted by Crippen LogP contribution is -2.31. The molecule has 1 aromatic heterocycles. The predicted molar refractivity (Wildman–Crippen MR) is 116 cm³/mol. The summed E-state index contributed by atoms with van der Waals surface area (Å²) in [4.78, 5) is 29.5. The van der Waals surface area contributed by atoms with E-state index < -0.39 is 0 Å². The zero-order chi connectivity index (χ0) is 21.2. The van der Waals surface area contributed by atoms with Crippen LogP contribution in [0.1, 0.15) is 30.5 Å². The van der Waals surface area contributed by atoms with E-state index in [9.17, 15) is 9.59 Å². The van der Waals surface area contributed by atoms with E-state index in [2.05, 4.69) is 10.3 Å². The second-order valence-electron chi connectivity index (χ2n) is 7.92. The number of ether oxygens (including phenoxy) is 3. The first-order valence-corrected chi connectivity index (χ1v) is 11.7. The van der Waals surface area contributed by atoms with E-state index in [4.69, 9.17) is 14.2 Å². The van der Waals surface area contributed by atoms with Crippen LogP contribution in [0.5, 0.6) is 11.5 Å². The Kier molecular flexibility index (Phi) is 5.87. The molecule has 8 nitrogen and oxygen atoms in total. The molecule has 1 saturated heterocycles. The molecule has 2 aromatic rings. The Balaban J connectivity index is 1.26. The minimum Gasteiger partial charge on any atom is -0.486 e. The van der Waals surface area contributed by atoms with Gasteiger partial charge < -0.3 is 19.5 Å². The van der Waals surface area contributed by atoms with Gasteiger partial charge in [-0.25, -0.2) is 4.79 Å². The van der Waals surface area contributed by atoms with Crippen LogP contribution in [0.25, 0.3) is 0 Å². The van der Waals surface area contributed by atoms with Crippen molar-refractivity contribution >= 4 is 23.4 Å². The summed E-state index contributed by atoms with van der Waals surface area (Å²) < 4.78 is 18.6. The zero-order valence-electron chi connectivity index (χ0n) is 17.2. The van der Waals surface area contributed by atoms with Crippen molar-refractivity contribution in [3.05, 3.63) is 39.9 Å². The second-order valence-corrected chi connectivity index (χ2v) is 8.88. The molecule has 0 saturated carbocycles. The van der Waals surface area contributed by atoms with Crippen molar-refractivity contribution in [2.24, 2.45) is 0 Å². The Bertz CT molecular complexity index is 1050. The van der Waals surface area contributed by atoms with Crippen LogP contribution in [0.3, 0.4) is 0 Å². The number of benzene rings is 1. The smallest absolute Gasteiger partial charge is 0.348 e. The van der Waals surface area contributed by atoms with Crippen LogP contribution in [-0.2, 0) is 28.9 Å². The predicted octanol–water partition coefficient (Wildman–Crippen LogP) is 2.41. The minimum absolute atomic E-state index is 0.0967. The molecular weight excluding hydrogens is 418 g/mol. The number of carbonyl (C=O) groups is 1. The maximum atomic E-state index is 12.7. The number of nitrogens with one attached hydrogen (secondary N) is 1. The molecule has 31 heavy (non-hydrogen) atoms. The number of thioether (sulfide) groups is 1. The van der Waals surface area contributed by atoms with E-state index >= 15 is 0 Å². The van der Waals surface area contributed by atoms with Gasteiger partial charge in [0.25, 0.3) is 0 Å². The standard InChI is InChI=1S/C22H25N3O5S/c26-20(23-14-6-7-18-19(11-14)30-10-9-29-18)13-31-21-16-4-1-5-17(16)25(22(27)24-21)12-15-3-2-8-28-15/h6-7,11,15H,1-5,8-10,12-13H2,(H,23,26)/t15-/m1/s1. The molecule has 3 aliphatic rings. The van der Waals surface area contributed by atoms with Gasteiger partial charge in [-0.05, 0) is 44.2 Å². The summed E-state index contributed by atoms with van der Waals surface area (Å²) >= 11 is 1.32. The number of aromatic nitrogens is 2. The van der Waals surface area contributed by atoms with Crippen LogP contribution in [-0.4, -0.2) is 47.1 Å². The van der Waals surface area contributed by atoms with Gasteiger partial charge in [0.15, 0.2) is 11.5 Å². The Morgan fingerprint density at radius 1 is 1.16 bits per heavy atom. The molecule has 1 aliphatic carbocycles. The summed E-state index contributed by atoms with van der Waals surface area (Å²) in [7, 11) is 0. The maximum absolute atomic E-state index is 12.7. The van der Waals surface area contributed by atoms with Gasteiger partial charge >= 0.3 is 5.69 Å². The zero-order valence-corrected chi connectivity index (χ0v) is 18.0. The number of rotatable bonds is 6. The fraction of sp³-hybridized carbons (Fsp3) is 0.500. The van der Waals surface area contributed by atoms with Crippen molar-refractivity contribution in [2.45, 2.75) is 49.8 Å². The summed E-state index contributed by atoms with van der Waals surface area (Å²) in [5.74, 6) is 1.34. The summed E-state index contributed by atoms with van der Waals surface area (Å²) in [6.45, 7) is 2.36. The molecule has 1 fully saturated rings. The fourth-order valence-corrected chi connectivity index (χ4v) is 5.21. The molecule has 1 N–H and O–H groups in total. The van der Waals surface area contributed by atoms with Gasteiger partial charge in [-0.15, -0.1) is 0 Å². The number of nitrogens with zero attached hydrogens (tertiary/aromatic N) is 2. The highest BCUT2D eigenvalue weighted by Crippen LogP contribution is 2.33. The topological polar surface area (TPSA) is 91.7 Å². The molecule has 164 valence electrons. The summed E-state index contributed by atoms with van der Waals surface area (Å²) in [6.07, 6.45) is 4.89. The molecule has 9 heteroatoms. The molecule has 0 unspecified atom stereocenters. The highest BCUT2D eigenvalue weighted by Gasteiger charge is 2.25. The van der Waals surface area contributed by atoms with Crippen molar-refractivity contribution in [3.8, 4) is 11.5 Å². The van der Waals surface area contributed by atoms with E-state index in [1.54, 1.807) is 22.8 Å². The van der Waals surface area contributed by atoms with Crippen molar-refractivity contribution < 1.29 is 19.0 Å². The molecule has 1 amide bonds. The highest BCUT2D eigenvalue weighted by atomic mass is 32.2. The molecular formula is C22H25N3O5S. The van der Waals surface area contributed by atoms with E-state index in [1.807, 2.05) is 0 Å². The van der Waals surface area contributed by atoms with Crippen molar-refractivity contribution in [3.63, 3.8) is 0 Å². The second kappa shape index (κ2) is 8.92. The van der Waals surface area contributed by atoms with Crippen LogP contribution in [0.15, 0.2) is 28.0 Å². The molecule has 3 heterocycles. The van der Waals surface area contributed by atoms with Crippen LogP contribution in [0.2, 0.25) is 0 Å². The minimum atomic E-state index is -0.245. The number of amides is 1. The molecule has 0 spiro atoms. The summed E-state index contributed by atoms with van der Waals surface area (Å²) in [5, 5.41) is 3.56. The van der Waals surface area contributed by atoms with Crippen molar-refractivity contribution in [1.82, 2.24) is 9.55 Å². The van der Waals surface area contributed by atoms with Gasteiger partial charge in [-0.2, -0.15) is 4.98 Å². The maximum Gasteiger partial charge on any atom is 0.348 e. The number of hydrogen-bond acceptors (Lipinski definition) is 7. The van der Waals surface area contributed by atoms with E-state index in [0.29, 0.717) is 42.0 Å². The monoisotopic (exact) mass is 443 g/mol. The average molecular weight is 444 g/mol. The Morgan fingerprint density at radius 3 is 2.87 bits per heavy atom. The van der Waals surface area contributed by atoms with Gasteiger partial charge in [0.1, 0.15) is 18.2 Å². The van der Waals surface area contributed by atoms with Gasteiger partial charge in [0.2, 0.25) is 5.91 Å². The number of fused-ring (bicyclic) bond motifs is 2. The number of hydrogen-bond donors (Lipinski definition) is 1. The fourth-order valence-electron chi connectivity index (χ4n) is 4.34. The Hall–Kier alpha value is -2.52. The van der Waals surface area contributed by atoms with Crippen LogP contribution in [0.4, 0.5) is 5.69 Å². The lowest BCUT2D eigenvalue weighted by molar-refractivity contribution is -0.113. The number of carbonyl (C=O) groups excluding carboxylic acids is 1.